The molecule has 1 fully saturated rings. The van der Waals surface area contributed by atoms with Gasteiger partial charge in [0.25, 0.3) is 0 Å². The summed E-state index contributed by atoms with van der Waals surface area (Å²) in [5.41, 5.74) is -0.473. The van der Waals surface area contributed by atoms with Crippen molar-refractivity contribution in [1.82, 2.24) is 10.2 Å². The highest BCUT2D eigenvalue weighted by Gasteiger charge is 2.41. The van der Waals surface area contributed by atoms with Gasteiger partial charge in [0.05, 0.1) is 5.60 Å². The summed E-state index contributed by atoms with van der Waals surface area (Å²) in [6, 6.07) is 0. The molecule has 0 bridgehead atoms. The smallest absolute Gasteiger partial charge is 0.0870 e. The Morgan fingerprint density at radius 3 is 2.13 bits per heavy atom. The minimum Gasteiger partial charge on any atom is -0.388 e. The molecule has 2 N–H and O–H groups in total. The van der Waals surface area contributed by atoms with E-state index in [0.29, 0.717) is 6.54 Å². The van der Waals surface area contributed by atoms with E-state index >= 15 is 0 Å². The zero-order valence-electron chi connectivity index (χ0n) is 11.0. The van der Waals surface area contributed by atoms with Crippen LogP contribution in [0.4, 0.5) is 0 Å². The van der Waals surface area contributed by atoms with E-state index in [9.17, 15) is 5.11 Å². The predicted octanol–water partition coefficient (Wildman–Crippen LogP) is 1.22. The Kier molecular flexibility index (Phi) is 3.21. The van der Waals surface area contributed by atoms with Crippen molar-refractivity contribution >= 4 is 0 Å². The Labute approximate surface area is 93.9 Å². The van der Waals surface area contributed by atoms with Gasteiger partial charge in [0, 0.05) is 30.7 Å². The third-order valence-electron chi connectivity index (χ3n) is 3.10. The molecule has 3 nitrogen and oxygen atoms in total. The minimum atomic E-state index is -0.638. The molecule has 1 heterocycles. The number of nitrogens with zero attached hydrogens (tertiary/aromatic N) is 1. The summed E-state index contributed by atoms with van der Waals surface area (Å²) < 4.78 is 0. The number of hydrogen-bond donors (Lipinski definition) is 2. The molecule has 0 aromatic carbocycles. The lowest BCUT2D eigenvalue weighted by Gasteiger charge is -2.47. The number of β-amino-alcohol motifs (C(OH)–C–C–N with tert-alkyl or cyclic N) is 1. The topological polar surface area (TPSA) is 35.5 Å². The van der Waals surface area contributed by atoms with E-state index in [4.69, 9.17) is 0 Å². The quantitative estimate of drug-likeness (QED) is 0.636. The van der Waals surface area contributed by atoms with Gasteiger partial charge in [-0.3, -0.25) is 4.90 Å². The van der Waals surface area contributed by atoms with Crippen LogP contribution in [0.1, 0.15) is 41.5 Å². The van der Waals surface area contributed by atoms with E-state index < -0.39 is 5.60 Å². The third kappa shape index (κ3) is 3.16. The molecule has 0 spiro atoms. The Bertz CT molecular complexity index is 228. The predicted molar refractivity (Wildman–Crippen MR) is 64.0 cm³/mol. The zero-order valence-corrected chi connectivity index (χ0v) is 11.0. The van der Waals surface area contributed by atoms with Gasteiger partial charge in [0.1, 0.15) is 0 Å². The maximum Gasteiger partial charge on any atom is 0.0870 e. The summed E-state index contributed by atoms with van der Waals surface area (Å²) in [5, 5.41) is 13.6. The van der Waals surface area contributed by atoms with Crippen LogP contribution >= 0.6 is 0 Å². The van der Waals surface area contributed by atoms with Crippen LogP contribution in [0.25, 0.3) is 0 Å². The molecule has 1 aliphatic rings. The molecule has 1 unspecified atom stereocenters. The number of aliphatic hydroxyl groups is 1. The summed E-state index contributed by atoms with van der Waals surface area (Å²) in [4.78, 5) is 2.39. The third-order valence-corrected chi connectivity index (χ3v) is 3.10. The Balaban J connectivity index is 2.96. The summed E-state index contributed by atoms with van der Waals surface area (Å²) in [7, 11) is 0. The lowest BCUT2D eigenvalue weighted by atomic mass is 9.93. The van der Waals surface area contributed by atoms with E-state index in [1.54, 1.807) is 0 Å². The Hall–Kier alpha value is -0.120. The fourth-order valence-electron chi connectivity index (χ4n) is 2.49. The molecular formula is C12H26N2O. The van der Waals surface area contributed by atoms with Gasteiger partial charge in [-0.1, -0.05) is 0 Å². The normalized spacial score (nSPS) is 33.8. The second-order valence-electron chi connectivity index (χ2n) is 6.67. The van der Waals surface area contributed by atoms with Gasteiger partial charge < -0.3 is 10.4 Å². The highest BCUT2D eigenvalue weighted by molar-refractivity contribution is 4.98. The summed E-state index contributed by atoms with van der Waals surface area (Å²) in [6.07, 6.45) is 0. The first-order valence-corrected chi connectivity index (χ1v) is 5.75. The number of nitrogens with one attached hydrogen (secondary N) is 1. The van der Waals surface area contributed by atoms with Crippen molar-refractivity contribution in [3.8, 4) is 0 Å². The van der Waals surface area contributed by atoms with Crippen molar-refractivity contribution < 1.29 is 5.11 Å². The second kappa shape index (κ2) is 3.72. The molecule has 0 radical (unpaired) electrons. The molecule has 3 heteroatoms. The van der Waals surface area contributed by atoms with E-state index in [0.717, 1.165) is 13.1 Å². The van der Waals surface area contributed by atoms with Crippen LogP contribution in [0.2, 0.25) is 0 Å². The van der Waals surface area contributed by atoms with Crippen molar-refractivity contribution in [2.75, 3.05) is 19.6 Å². The number of hydrogen-bond acceptors (Lipinski definition) is 3. The molecule has 15 heavy (non-hydrogen) atoms. The summed E-state index contributed by atoms with van der Waals surface area (Å²) in [5.74, 6) is 0. The Morgan fingerprint density at radius 1 is 1.13 bits per heavy atom. The second-order valence-corrected chi connectivity index (χ2v) is 6.67. The molecule has 1 aliphatic heterocycles. The minimum absolute atomic E-state index is 0.0821. The SMILES string of the molecule is CC1(O)CNCC(C)(C)N(C(C)(C)C)C1. The summed E-state index contributed by atoms with van der Waals surface area (Å²) in [6.45, 7) is 15.3. The van der Waals surface area contributed by atoms with Gasteiger partial charge in [0.15, 0.2) is 0 Å². The molecule has 0 amide bonds. The fourth-order valence-corrected chi connectivity index (χ4v) is 2.49. The Morgan fingerprint density at radius 2 is 1.67 bits per heavy atom. The highest BCUT2D eigenvalue weighted by atomic mass is 16.3. The molecular weight excluding hydrogens is 188 g/mol. The van der Waals surface area contributed by atoms with Crippen molar-refractivity contribution in [3.63, 3.8) is 0 Å². The van der Waals surface area contributed by atoms with Gasteiger partial charge >= 0.3 is 0 Å². The van der Waals surface area contributed by atoms with Gasteiger partial charge in [-0.2, -0.15) is 0 Å². The lowest BCUT2D eigenvalue weighted by molar-refractivity contribution is -0.0332. The van der Waals surface area contributed by atoms with Crippen LogP contribution in [0.3, 0.4) is 0 Å². The van der Waals surface area contributed by atoms with Crippen LogP contribution < -0.4 is 5.32 Å². The highest BCUT2D eigenvalue weighted by Crippen LogP contribution is 2.28. The average Bonchev–Trinajstić information content (AvgIpc) is 2.06. The summed E-state index contributed by atoms with van der Waals surface area (Å²) >= 11 is 0. The molecule has 0 aromatic heterocycles. The van der Waals surface area contributed by atoms with Crippen LogP contribution in [0.5, 0.6) is 0 Å². The molecule has 0 aromatic rings. The first-order chi connectivity index (χ1) is 6.55. The maximum absolute atomic E-state index is 10.2. The average molecular weight is 214 g/mol. The first kappa shape index (κ1) is 12.9. The lowest BCUT2D eigenvalue weighted by Crippen LogP contribution is -2.58. The van der Waals surface area contributed by atoms with E-state index in [1.807, 2.05) is 6.92 Å². The van der Waals surface area contributed by atoms with Gasteiger partial charge in [-0.05, 0) is 41.5 Å². The number of rotatable bonds is 0. The van der Waals surface area contributed by atoms with E-state index in [-0.39, 0.29) is 11.1 Å². The molecule has 90 valence electrons. The van der Waals surface area contributed by atoms with E-state index in [1.165, 1.54) is 0 Å². The van der Waals surface area contributed by atoms with Gasteiger partial charge in [-0.15, -0.1) is 0 Å². The van der Waals surface area contributed by atoms with Gasteiger partial charge in [-0.25, -0.2) is 0 Å². The fraction of sp³-hybridized carbons (Fsp3) is 1.00. The molecule has 1 atom stereocenters. The largest absolute Gasteiger partial charge is 0.388 e. The standard InChI is InChI=1S/C12H26N2O/c1-10(2,3)14-9-12(6,15)8-13-7-11(14,4)5/h13,15H,7-9H2,1-6H3. The van der Waals surface area contributed by atoms with Crippen LogP contribution in [0.15, 0.2) is 0 Å². The van der Waals surface area contributed by atoms with Crippen molar-refractivity contribution in [2.24, 2.45) is 0 Å². The van der Waals surface area contributed by atoms with Crippen molar-refractivity contribution in [1.29, 1.82) is 0 Å². The van der Waals surface area contributed by atoms with Crippen molar-refractivity contribution in [2.45, 2.75) is 58.2 Å². The molecule has 1 rings (SSSR count). The van der Waals surface area contributed by atoms with E-state index in [2.05, 4.69) is 44.8 Å². The van der Waals surface area contributed by atoms with Crippen LogP contribution in [-0.4, -0.2) is 46.3 Å². The zero-order chi connectivity index (χ0) is 11.9. The monoisotopic (exact) mass is 214 g/mol. The van der Waals surface area contributed by atoms with Crippen molar-refractivity contribution in [3.05, 3.63) is 0 Å². The molecule has 0 aliphatic carbocycles. The maximum atomic E-state index is 10.2. The first-order valence-electron chi connectivity index (χ1n) is 5.75. The molecule has 1 saturated heterocycles. The molecule has 0 saturated carbocycles. The van der Waals surface area contributed by atoms with Gasteiger partial charge in [0.2, 0.25) is 0 Å². The van der Waals surface area contributed by atoms with Crippen LogP contribution in [-0.2, 0) is 0 Å². The van der Waals surface area contributed by atoms with Crippen LogP contribution in [0, 0.1) is 0 Å².